The van der Waals surface area contributed by atoms with E-state index in [1.165, 1.54) is 64.2 Å². The highest BCUT2D eigenvalue weighted by molar-refractivity contribution is 7.47. The lowest BCUT2D eigenvalue weighted by Gasteiger charge is -2.20. The van der Waals surface area contributed by atoms with Crippen LogP contribution < -0.4 is 5.73 Å². The lowest BCUT2D eigenvalue weighted by atomic mass is 10.1. The monoisotopic (exact) mass is 786 g/mol. The Balaban J connectivity index is 4.42. The summed E-state index contributed by atoms with van der Waals surface area (Å²) in [6.07, 6.45) is 39.2. The zero-order valence-electron chi connectivity index (χ0n) is 33.8. The number of carbonyl (C=O) groups is 3. The molecule has 11 nitrogen and oxygen atoms in total. The molecule has 0 aliphatic carbocycles. The van der Waals surface area contributed by atoms with Gasteiger partial charge in [-0.15, -0.1) is 0 Å². The van der Waals surface area contributed by atoms with Crippen LogP contribution in [0, 0.1) is 0 Å². The number of carbonyl (C=O) groups excluding carboxylic acids is 2. The number of carboxylic acid groups (broad SMARTS) is 1. The van der Waals surface area contributed by atoms with Gasteiger partial charge in [0.15, 0.2) is 6.10 Å². The predicted octanol–water partition coefficient (Wildman–Crippen LogP) is 10.8. The molecule has 54 heavy (non-hydrogen) atoms. The van der Waals surface area contributed by atoms with Gasteiger partial charge in [0.2, 0.25) is 0 Å². The maximum atomic E-state index is 12.6. The molecule has 3 atom stereocenters. The summed E-state index contributed by atoms with van der Waals surface area (Å²) in [4.78, 5) is 45.9. The quantitative estimate of drug-likeness (QED) is 0.0234. The third kappa shape index (κ3) is 36.7. The fourth-order valence-electron chi connectivity index (χ4n) is 5.50. The van der Waals surface area contributed by atoms with Crippen LogP contribution >= 0.6 is 7.82 Å². The van der Waals surface area contributed by atoms with Gasteiger partial charge < -0.3 is 25.2 Å². The molecule has 0 aliphatic rings. The van der Waals surface area contributed by atoms with Crippen LogP contribution in [0.3, 0.4) is 0 Å². The van der Waals surface area contributed by atoms with Crippen molar-refractivity contribution < 1.29 is 47.5 Å². The number of ether oxygens (including phenoxy) is 2. The number of phosphoric acid groups is 1. The number of phosphoric ester groups is 1. The van der Waals surface area contributed by atoms with Crippen molar-refractivity contribution in [3.05, 3.63) is 36.5 Å². The Bertz CT molecular complexity index is 1060. The van der Waals surface area contributed by atoms with Gasteiger partial charge in [-0.25, -0.2) is 4.57 Å². The van der Waals surface area contributed by atoms with Gasteiger partial charge in [-0.2, -0.15) is 0 Å². The van der Waals surface area contributed by atoms with Crippen molar-refractivity contribution in [1.29, 1.82) is 0 Å². The van der Waals surface area contributed by atoms with E-state index in [0.29, 0.717) is 12.8 Å². The first-order valence-electron chi connectivity index (χ1n) is 21.0. The highest BCUT2D eigenvalue weighted by atomic mass is 31.2. The Labute approximate surface area is 327 Å². The van der Waals surface area contributed by atoms with Crippen LogP contribution in [0.1, 0.15) is 181 Å². The minimum absolute atomic E-state index is 0.153. The van der Waals surface area contributed by atoms with Gasteiger partial charge in [0.1, 0.15) is 12.6 Å². The Hall–Kier alpha value is -2.30. The van der Waals surface area contributed by atoms with E-state index in [9.17, 15) is 23.8 Å². The molecule has 0 aromatic carbocycles. The average molecular weight is 786 g/mol. The zero-order valence-corrected chi connectivity index (χ0v) is 34.7. The summed E-state index contributed by atoms with van der Waals surface area (Å²) in [5, 5.41) is 8.88. The molecule has 0 aromatic rings. The minimum Gasteiger partial charge on any atom is -0.480 e. The molecule has 0 radical (unpaired) electrons. The molecule has 0 saturated carbocycles. The van der Waals surface area contributed by atoms with Gasteiger partial charge >= 0.3 is 25.7 Å². The van der Waals surface area contributed by atoms with Crippen LogP contribution in [0.2, 0.25) is 0 Å². The van der Waals surface area contributed by atoms with Crippen LogP contribution in [-0.4, -0.2) is 59.9 Å². The van der Waals surface area contributed by atoms with Crippen LogP contribution in [0.25, 0.3) is 0 Å². The molecular weight excluding hydrogens is 709 g/mol. The van der Waals surface area contributed by atoms with E-state index < -0.39 is 51.1 Å². The van der Waals surface area contributed by atoms with Crippen LogP contribution in [0.15, 0.2) is 36.5 Å². The van der Waals surface area contributed by atoms with Crippen molar-refractivity contribution in [2.75, 3.05) is 19.8 Å². The summed E-state index contributed by atoms with van der Waals surface area (Å²) in [6.45, 7) is 2.74. The molecule has 0 heterocycles. The Morgan fingerprint density at radius 3 is 1.50 bits per heavy atom. The van der Waals surface area contributed by atoms with Gasteiger partial charge in [-0.3, -0.25) is 23.4 Å². The SMILES string of the molecule is CCCCC/C=C/C/C=C/CCCCCCCC(=O)OC[C@H](COP(=O)(O)OC[C@H](N)C(=O)O)OC(=O)CCCCCCCCC/C=C/CCCCCC. The fourth-order valence-corrected chi connectivity index (χ4v) is 6.28. The van der Waals surface area contributed by atoms with Gasteiger partial charge in [-0.1, -0.05) is 134 Å². The van der Waals surface area contributed by atoms with Crippen LogP contribution in [0.5, 0.6) is 0 Å². The number of aliphatic carboxylic acids is 1. The molecule has 0 fully saturated rings. The van der Waals surface area contributed by atoms with E-state index in [2.05, 4.69) is 54.8 Å². The standard InChI is InChI=1S/C42H76NO10P/c1-3-5-7-9-11-13-15-17-19-21-23-25-27-29-31-33-40(44)50-35-38(36-51-54(48,49)52-37-39(43)42(46)47)53-41(45)34-32-30-28-26-24-22-20-18-16-14-12-10-8-6-4-2/h11,13-14,16-17,19,38-39H,3-10,12,15,18,20-37,43H2,1-2H3,(H,46,47)(H,48,49)/b13-11+,16-14+,19-17+/t38-,39+/m1/s1. The topological polar surface area (TPSA) is 172 Å². The summed E-state index contributed by atoms with van der Waals surface area (Å²) < 4.78 is 32.6. The first-order valence-corrected chi connectivity index (χ1v) is 22.5. The first-order chi connectivity index (χ1) is 26.1. The highest BCUT2D eigenvalue weighted by Crippen LogP contribution is 2.43. The van der Waals surface area contributed by atoms with E-state index in [1.807, 2.05) is 0 Å². The molecule has 12 heteroatoms. The average Bonchev–Trinajstić information content (AvgIpc) is 3.14. The number of allylic oxidation sites excluding steroid dienone is 6. The summed E-state index contributed by atoms with van der Waals surface area (Å²) in [6, 6.07) is -1.52. The van der Waals surface area contributed by atoms with Crippen molar-refractivity contribution in [2.45, 2.75) is 193 Å². The Morgan fingerprint density at radius 1 is 0.574 bits per heavy atom. The fraction of sp³-hybridized carbons (Fsp3) is 0.786. The largest absolute Gasteiger partial charge is 0.480 e. The van der Waals surface area contributed by atoms with Crippen molar-refractivity contribution in [3.63, 3.8) is 0 Å². The predicted molar refractivity (Wildman–Crippen MR) is 217 cm³/mol. The van der Waals surface area contributed by atoms with Crippen molar-refractivity contribution in [2.24, 2.45) is 5.73 Å². The van der Waals surface area contributed by atoms with Crippen molar-refractivity contribution >= 4 is 25.7 Å². The van der Waals surface area contributed by atoms with E-state index in [4.69, 9.17) is 24.8 Å². The molecular formula is C42H76NO10P. The Morgan fingerprint density at radius 2 is 0.981 bits per heavy atom. The van der Waals surface area contributed by atoms with Gasteiger partial charge in [0.25, 0.3) is 0 Å². The zero-order chi connectivity index (χ0) is 40.0. The van der Waals surface area contributed by atoms with Crippen molar-refractivity contribution in [1.82, 2.24) is 0 Å². The number of esters is 2. The summed E-state index contributed by atoms with van der Waals surface area (Å²) in [5.41, 5.74) is 5.33. The van der Waals surface area contributed by atoms with Crippen molar-refractivity contribution in [3.8, 4) is 0 Å². The van der Waals surface area contributed by atoms with E-state index in [-0.39, 0.29) is 19.4 Å². The number of carboxylic acids is 1. The van der Waals surface area contributed by atoms with Gasteiger partial charge in [0, 0.05) is 12.8 Å². The van der Waals surface area contributed by atoms with Gasteiger partial charge in [0.05, 0.1) is 13.2 Å². The molecule has 0 rings (SSSR count). The summed E-state index contributed by atoms with van der Waals surface area (Å²) in [5.74, 6) is -2.40. The number of hydrogen-bond donors (Lipinski definition) is 3. The smallest absolute Gasteiger partial charge is 0.472 e. The first kappa shape index (κ1) is 51.7. The molecule has 1 unspecified atom stereocenters. The molecule has 0 aromatic heterocycles. The summed E-state index contributed by atoms with van der Waals surface area (Å²) in [7, 11) is -4.72. The second-order valence-corrected chi connectivity index (χ2v) is 15.6. The molecule has 314 valence electrons. The van der Waals surface area contributed by atoms with Gasteiger partial charge in [-0.05, 0) is 70.6 Å². The molecule has 0 spiro atoms. The maximum Gasteiger partial charge on any atom is 0.472 e. The lowest BCUT2D eigenvalue weighted by molar-refractivity contribution is -0.161. The molecule has 0 amide bonds. The van der Waals surface area contributed by atoms with Crippen LogP contribution in [0.4, 0.5) is 0 Å². The molecule has 4 N–H and O–H groups in total. The third-order valence-corrected chi connectivity index (χ3v) is 9.81. The Kier molecular flexibility index (Phi) is 36.0. The highest BCUT2D eigenvalue weighted by Gasteiger charge is 2.28. The van der Waals surface area contributed by atoms with E-state index >= 15 is 0 Å². The second kappa shape index (κ2) is 37.6. The number of unbranched alkanes of at least 4 members (excludes halogenated alkanes) is 19. The van der Waals surface area contributed by atoms with Crippen LogP contribution in [-0.2, 0) is 37.5 Å². The maximum absolute atomic E-state index is 12.6. The number of nitrogens with two attached hydrogens (primary N) is 1. The normalized spacial score (nSPS) is 14.1. The third-order valence-electron chi connectivity index (χ3n) is 8.86. The second-order valence-electron chi connectivity index (χ2n) is 14.1. The molecule has 0 aliphatic heterocycles. The molecule has 0 saturated heterocycles. The number of hydrogen-bond acceptors (Lipinski definition) is 9. The molecule has 0 bridgehead atoms. The summed E-state index contributed by atoms with van der Waals surface area (Å²) >= 11 is 0. The lowest BCUT2D eigenvalue weighted by Crippen LogP contribution is -2.34. The number of rotatable bonds is 39. The van der Waals surface area contributed by atoms with E-state index in [1.54, 1.807) is 0 Å². The van der Waals surface area contributed by atoms with E-state index in [0.717, 1.165) is 77.0 Å². The minimum atomic E-state index is -4.72.